The quantitative estimate of drug-likeness (QED) is 0.663. The first-order chi connectivity index (χ1) is 13.3. The molecule has 0 spiro atoms. The summed E-state index contributed by atoms with van der Waals surface area (Å²) < 4.78 is 36.4. The second kappa shape index (κ2) is 8.26. The Morgan fingerprint density at radius 1 is 1.36 bits per heavy atom. The number of fused-ring (bicyclic) bond motifs is 1. The number of hydrogen-bond acceptors (Lipinski definition) is 6. The van der Waals surface area contributed by atoms with Crippen LogP contribution in [0.4, 0.5) is 20.3 Å². The molecule has 1 atom stereocenters. The first kappa shape index (κ1) is 20.2. The van der Waals surface area contributed by atoms with Crippen LogP contribution < -0.4 is 15.8 Å². The number of nitrogens with one attached hydrogen (secondary N) is 1. The first-order valence-corrected chi connectivity index (χ1v) is 8.84. The highest BCUT2D eigenvalue weighted by Crippen LogP contribution is 2.44. The number of hydrogen-bond donors (Lipinski definition) is 3. The van der Waals surface area contributed by atoms with Crippen LogP contribution in [0.2, 0.25) is 5.02 Å². The molecule has 10 heteroatoms. The third-order valence-electron chi connectivity index (χ3n) is 4.06. The lowest BCUT2D eigenvalue weighted by atomic mass is 10.0. The van der Waals surface area contributed by atoms with Gasteiger partial charge in [0.05, 0.1) is 23.4 Å². The summed E-state index contributed by atoms with van der Waals surface area (Å²) in [7, 11) is 0. The predicted molar refractivity (Wildman–Crippen MR) is 99.4 cm³/mol. The summed E-state index contributed by atoms with van der Waals surface area (Å²) in [6, 6.07) is 6.00. The fraction of sp³-hybridized carbons (Fsp3) is 0.333. The van der Waals surface area contributed by atoms with Crippen molar-refractivity contribution >= 4 is 29.0 Å². The average molecular weight is 414 g/mol. The van der Waals surface area contributed by atoms with Crippen LogP contribution in [0.1, 0.15) is 12.8 Å². The molecule has 150 valence electrons. The molecule has 1 unspecified atom stereocenters. The molecule has 4 rings (SSSR count). The molecule has 0 radical (unpaired) electrons. The zero-order chi connectivity index (χ0) is 20.3. The summed E-state index contributed by atoms with van der Waals surface area (Å²) in [5.41, 5.74) is 6.39. The topological polar surface area (TPSA) is 107 Å². The minimum absolute atomic E-state index is 0.134. The second-order valence-electron chi connectivity index (χ2n) is 6.22. The normalized spacial score (nSPS) is 20.1. The van der Waals surface area contributed by atoms with Gasteiger partial charge in [0.2, 0.25) is 0 Å². The van der Waals surface area contributed by atoms with Crippen LogP contribution in [-0.2, 0) is 9.53 Å². The van der Waals surface area contributed by atoms with Gasteiger partial charge in [0.15, 0.2) is 5.75 Å². The second-order valence-corrected chi connectivity index (χ2v) is 6.62. The number of carbonyl (C=O) groups excluding carboxylic acids is 1. The molecular formula is C18H18ClF2N3O4. The summed E-state index contributed by atoms with van der Waals surface area (Å²) in [6.45, 7) is 1.37. The molecular weight excluding hydrogens is 396 g/mol. The maximum atomic E-state index is 13.4. The Balaban J connectivity index is 0.000000271. The molecule has 4 N–H and O–H groups in total. The number of aliphatic hydroxyl groups excluding tert-OH is 1. The van der Waals surface area contributed by atoms with Gasteiger partial charge < -0.3 is 25.6 Å². The predicted octanol–water partition coefficient (Wildman–Crippen LogP) is 3.07. The largest absolute Gasteiger partial charge is 0.482 e. The van der Waals surface area contributed by atoms with E-state index in [0.29, 0.717) is 12.2 Å². The maximum absolute atomic E-state index is 13.4. The molecule has 2 aliphatic heterocycles. The Morgan fingerprint density at radius 2 is 2.14 bits per heavy atom. The number of aliphatic hydroxyl groups is 1. The van der Waals surface area contributed by atoms with Crippen molar-refractivity contribution in [3.63, 3.8) is 0 Å². The van der Waals surface area contributed by atoms with Crippen LogP contribution >= 0.6 is 11.6 Å². The lowest BCUT2D eigenvalue weighted by Crippen LogP contribution is -2.43. The number of nitrogens with zero attached hydrogens (tertiary/aromatic N) is 1. The Hall–Kier alpha value is -2.49. The zero-order valence-electron chi connectivity index (χ0n) is 14.6. The molecule has 1 aromatic carbocycles. The van der Waals surface area contributed by atoms with E-state index in [1.165, 1.54) is 24.4 Å². The number of halogens is 3. The number of para-hydroxylation sites is 1. The van der Waals surface area contributed by atoms with E-state index in [0.717, 1.165) is 19.4 Å². The van der Waals surface area contributed by atoms with Gasteiger partial charge in [-0.3, -0.25) is 4.79 Å². The molecule has 0 saturated carbocycles. The van der Waals surface area contributed by atoms with E-state index >= 15 is 0 Å². The molecule has 2 aromatic rings. The van der Waals surface area contributed by atoms with Crippen molar-refractivity contribution in [1.82, 2.24) is 4.98 Å². The number of aromatic nitrogens is 1. The zero-order valence-corrected chi connectivity index (χ0v) is 15.4. The smallest absolute Gasteiger partial charge is 0.422 e. The van der Waals surface area contributed by atoms with Gasteiger partial charge in [-0.2, -0.15) is 8.78 Å². The van der Waals surface area contributed by atoms with Crippen LogP contribution in [0, 0.1) is 0 Å². The third kappa shape index (κ3) is 4.49. The summed E-state index contributed by atoms with van der Waals surface area (Å²) in [5.74, 6) is -1.51. The van der Waals surface area contributed by atoms with Crippen molar-refractivity contribution in [2.24, 2.45) is 0 Å². The van der Waals surface area contributed by atoms with E-state index in [1.54, 1.807) is 6.07 Å². The van der Waals surface area contributed by atoms with Gasteiger partial charge in [0, 0.05) is 23.9 Å². The fourth-order valence-electron chi connectivity index (χ4n) is 2.71. The van der Waals surface area contributed by atoms with Crippen LogP contribution in [0.5, 0.6) is 5.75 Å². The minimum atomic E-state index is -3.95. The molecule has 1 amide bonds. The molecule has 0 aliphatic carbocycles. The van der Waals surface area contributed by atoms with Crippen molar-refractivity contribution in [3.05, 3.63) is 35.5 Å². The number of benzene rings is 1. The molecule has 2 aliphatic rings. The summed E-state index contributed by atoms with van der Waals surface area (Å²) in [5, 5.41) is 11.1. The van der Waals surface area contributed by atoms with Gasteiger partial charge in [0.1, 0.15) is 5.82 Å². The number of rotatable bonds is 1. The number of carbonyl (C=O) groups is 1. The molecule has 1 saturated heterocycles. The highest BCUT2D eigenvalue weighted by molar-refractivity contribution is 6.33. The lowest BCUT2D eigenvalue weighted by molar-refractivity contribution is -0.189. The van der Waals surface area contributed by atoms with E-state index in [9.17, 15) is 13.6 Å². The number of nitrogen functional groups attached to an aromatic ring is 1. The van der Waals surface area contributed by atoms with Gasteiger partial charge in [-0.05, 0) is 25.0 Å². The Morgan fingerprint density at radius 3 is 2.79 bits per heavy atom. The molecule has 3 heterocycles. The van der Waals surface area contributed by atoms with Crippen LogP contribution in [0.15, 0.2) is 30.5 Å². The molecule has 28 heavy (non-hydrogen) atoms. The SMILES string of the molecule is Nc1cc(-c2cccc3c2OC(F)(F)C(=O)N3)c(Cl)cn1.OC1CCCOC1. The number of anilines is 2. The van der Waals surface area contributed by atoms with E-state index in [4.69, 9.17) is 27.2 Å². The minimum Gasteiger partial charge on any atom is -0.422 e. The Labute approximate surface area is 164 Å². The monoisotopic (exact) mass is 413 g/mol. The third-order valence-corrected chi connectivity index (χ3v) is 4.36. The van der Waals surface area contributed by atoms with E-state index in [1.807, 2.05) is 0 Å². The van der Waals surface area contributed by atoms with Crippen molar-refractivity contribution < 1.29 is 28.2 Å². The number of ether oxygens (including phenoxy) is 2. The van der Waals surface area contributed by atoms with Crippen molar-refractivity contribution in [2.45, 2.75) is 25.1 Å². The Bertz CT molecular complexity index is 876. The Kier molecular flexibility index (Phi) is 5.97. The first-order valence-electron chi connectivity index (χ1n) is 8.46. The fourth-order valence-corrected chi connectivity index (χ4v) is 2.92. The standard InChI is InChI=1S/C13H8ClF2N3O2.C5H10O2/c14-8-5-18-10(17)4-7(8)6-2-1-3-9-11(6)21-13(15,16)12(20)19-9;6-5-2-1-3-7-4-5/h1-5H,(H2,17,18)(H,19,20);5-6H,1-4H2. The van der Waals surface area contributed by atoms with E-state index in [2.05, 4.69) is 15.0 Å². The number of alkyl halides is 2. The highest BCUT2D eigenvalue weighted by atomic mass is 35.5. The summed E-state index contributed by atoms with van der Waals surface area (Å²) >= 11 is 6.02. The number of nitrogens with two attached hydrogens (primary N) is 1. The van der Waals surface area contributed by atoms with E-state index < -0.39 is 12.0 Å². The molecule has 1 aromatic heterocycles. The van der Waals surface area contributed by atoms with Crippen LogP contribution in [0.25, 0.3) is 11.1 Å². The molecule has 1 fully saturated rings. The number of pyridine rings is 1. The van der Waals surface area contributed by atoms with Crippen molar-refractivity contribution in [2.75, 3.05) is 24.3 Å². The van der Waals surface area contributed by atoms with Gasteiger partial charge >= 0.3 is 12.0 Å². The van der Waals surface area contributed by atoms with Crippen LogP contribution in [-0.4, -0.2) is 41.4 Å². The molecule has 0 bridgehead atoms. The molecule has 7 nitrogen and oxygen atoms in total. The average Bonchev–Trinajstić information content (AvgIpc) is 2.65. The maximum Gasteiger partial charge on any atom is 0.482 e. The number of amides is 1. The van der Waals surface area contributed by atoms with Crippen molar-refractivity contribution in [3.8, 4) is 16.9 Å². The van der Waals surface area contributed by atoms with Gasteiger partial charge in [-0.15, -0.1) is 0 Å². The van der Waals surface area contributed by atoms with E-state index in [-0.39, 0.29) is 33.9 Å². The van der Waals surface area contributed by atoms with Gasteiger partial charge in [-0.25, -0.2) is 4.98 Å². The highest BCUT2D eigenvalue weighted by Gasteiger charge is 2.47. The van der Waals surface area contributed by atoms with Gasteiger partial charge in [-0.1, -0.05) is 23.7 Å². The lowest BCUT2D eigenvalue weighted by Gasteiger charge is -2.26. The van der Waals surface area contributed by atoms with Crippen LogP contribution in [0.3, 0.4) is 0 Å². The van der Waals surface area contributed by atoms with Crippen molar-refractivity contribution in [1.29, 1.82) is 0 Å². The van der Waals surface area contributed by atoms with Gasteiger partial charge in [0.25, 0.3) is 0 Å². The summed E-state index contributed by atoms with van der Waals surface area (Å²) in [6.07, 6.45) is -0.894. The summed E-state index contributed by atoms with van der Waals surface area (Å²) in [4.78, 5) is 15.0.